The van der Waals surface area contributed by atoms with E-state index in [-0.39, 0.29) is 10.8 Å². The number of nitrogen functional groups attached to an aromatic ring is 1. The lowest BCUT2D eigenvalue weighted by molar-refractivity contribution is -0.122. The van der Waals surface area contributed by atoms with Crippen LogP contribution in [0.25, 0.3) is 0 Å². The fraction of sp³-hybridized carbons (Fsp3) is 0.333. The summed E-state index contributed by atoms with van der Waals surface area (Å²) in [4.78, 5) is 38.0. The normalized spacial score (nSPS) is 11.7. The van der Waals surface area contributed by atoms with Gasteiger partial charge in [0.15, 0.2) is 5.15 Å². The molecule has 0 fully saturated rings. The lowest BCUT2D eigenvalue weighted by Crippen LogP contribution is -2.43. The highest BCUT2D eigenvalue weighted by Crippen LogP contribution is 2.10. The van der Waals surface area contributed by atoms with Crippen molar-refractivity contribution in [2.24, 2.45) is 0 Å². The molecule has 9 heteroatoms. The maximum absolute atomic E-state index is 11.7. The van der Waals surface area contributed by atoms with Gasteiger partial charge >= 0.3 is 6.03 Å². The molecular formula is C9H12ClN5O3. The summed E-state index contributed by atoms with van der Waals surface area (Å²) in [5.74, 6) is -0.667. The van der Waals surface area contributed by atoms with E-state index in [2.05, 4.69) is 10.3 Å². The molecule has 1 aromatic rings. The summed E-state index contributed by atoms with van der Waals surface area (Å²) in [5.41, 5.74) is 4.51. The van der Waals surface area contributed by atoms with Crippen LogP contribution in [0.2, 0.25) is 5.15 Å². The topological polar surface area (TPSA) is 119 Å². The number of nitrogens with one attached hydrogen (secondary N) is 2. The molecule has 0 saturated carbocycles. The molecule has 18 heavy (non-hydrogen) atoms. The second kappa shape index (κ2) is 5.50. The molecule has 98 valence electrons. The van der Waals surface area contributed by atoms with Gasteiger partial charge in [0.1, 0.15) is 18.1 Å². The van der Waals surface area contributed by atoms with Crippen LogP contribution in [0.4, 0.5) is 10.5 Å². The Morgan fingerprint density at radius 1 is 1.56 bits per heavy atom. The van der Waals surface area contributed by atoms with E-state index in [1.54, 1.807) is 0 Å². The van der Waals surface area contributed by atoms with Crippen molar-refractivity contribution in [1.29, 1.82) is 0 Å². The van der Waals surface area contributed by atoms with Gasteiger partial charge < -0.3 is 11.1 Å². The van der Waals surface area contributed by atoms with Crippen LogP contribution in [-0.4, -0.2) is 28.5 Å². The van der Waals surface area contributed by atoms with Crippen LogP contribution in [-0.2, 0) is 4.79 Å². The lowest BCUT2D eigenvalue weighted by Gasteiger charge is -2.14. The molecule has 0 aliphatic rings. The van der Waals surface area contributed by atoms with E-state index in [0.29, 0.717) is 0 Å². The fourth-order valence-corrected chi connectivity index (χ4v) is 1.27. The van der Waals surface area contributed by atoms with Crippen molar-refractivity contribution in [3.63, 3.8) is 0 Å². The van der Waals surface area contributed by atoms with Gasteiger partial charge in [0.05, 0.1) is 0 Å². The third-order valence-corrected chi connectivity index (χ3v) is 2.54. The molecule has 1 unspecified atom stereocenters. The van der Waals surface area contributed by atoms with Gasteiger partial charge in [-0.15, -0.1) is 0 Å². The Bertz CT molecular complexity index is 541. The van der Waals surface area contributed by atoms with Gasteiger partial charge in [-0.25, -0.2) is 9.78 Å². The fourth-order valence-electron chi connectivity index (χ4n) is 1.14. The largest absolute Gasteiger partial charge is 0.392 e. The first-order valence-electron chi connectivity index (χ1n) is 4.93. The number of imide groups is 1. The minimum absolute atomic E-state index is 0.129. The van der Waals surface area contributed by atoms with E-state index in [9.17, 15) is 14.4 Å². The third-order valence-electron chi connectivity index (χ3n) is 2.24. The Morgan fingerprint density at radius 3 is 2.72 bits per heavy atom. The summed E-state index contributed by atoms with van der Waals surface area (Å²) >= 11 is 5.56. The zero-order valence-electron chi connectivity index (χ0n) is 9.73. The van der Waals surface area contributed by atoms with Crippen LogP contribution in [0.1, 0.15) is 13.0 Å². The Morgan fingerprint density at radius 2 is 2.17 bits per heavy atom. The summed E-state index contributed by atoms with van der Waals surface area (Å²) in [5, 5.41) is 4.13. The number of hydrogen-bond donors (Lipinski definition) is 3. The minimum Gasteiger partial charge on any atom is -0.392 e. The van der Waals surface area contributed by atoms with E-state index >= 15 is 0 Å². The summed E-state index contributed by atoms with van der Waals surface area (Å²) < 4.78 is 0.986. The summed E-state index contributed by atoms with van der Waals surface area (Å²) in [6.45, 7) is 1.43. The molecule has 0 radical (unpaired) electrons. The number of rotatable bonds is 2. The van der Waals surface area contributed by atoms with E-state index in [4.69, 9.17) is 17.3 Å². The third kappa shape index (κ3) is 2.77. The van der Waals surface area contributed by atoms with Crippen molar-refractivity contribution < 1.29 is 9.59 Å². The van der Waals surface area contributed by atoms with E-state index in [1.165, 1.54) is 14.0 Å². The van der Waals surface area contributed by atoms with Gasteiger partial charge in [-0.1, -0.05) is 11.6 Å². The van der Waals surface area contributed by atoms with Gasteiger partial charge in [-0.2, -0.15) is 0 Å². The Balaban J connectivity index is 3.01. The molecule has 3 amide bonds. The van der Waals surface area contributed by atoms with E-state index in [1.807, 2.05) is 5.32 Å². The molecule has 0 spiro atoms. The molecule has 1 heterocycles. The number of anilines is 1. The second-order valence-electron chi connectivity index (χ2n) is 3.41. The predicted molar refractivity (Wildman–Crippen MR) is 65.2 cm³/mol. The van der Waals surface area contributed by atoms with Crippen molar-refractivity contribution in [2.75, 3.05) is 12.8 Å². The summed E-state index contributed by atoms with van der Waals surface area (Å²) in [6.07, 6.45) is 1.09. The second-order valence-corrected chi connectivity index (χ2v) is 3.76. The maximum Gasteiger partial charge on any atom is 0.321 e. The highest BCUT2D eigenvalue weighted by Gasteiger charge is 2.19. The molecule has 0 saturated heterocycles. The molecule has 1 rings (SSSR count). The zero-order chi connectivity index (χ0) is 13.9. The quantitative estimate of drug-likeness (QED) is 0.627. The van der Waals surface area contributed by atoms with Gasteiger partial charge in [0.25, 0.3) is 11.5 Å². The molecule has 1 aromatic heterocycles. The van der Waals surface area contributed by atoms with Crippen molar-refractivity contribution in [2.45, 2.75) is 13.0 Å². The monoisotopic (exact) mass is 273 g/mol. The first-order valence-corrected chi connectivity index (χ1v) is 5.31. The minimum atomic E-state index is -0.943. The van der Waals surface area contributed by atoms with Gasteiger partial charge in [-0.05, 0) is 6.92 Å². The standard InChI is InChI=1S/C9H12ClN5O3/c1-4(7(16)14-9(18)12-2)15-3-13-6(10)5(11)8(15)17/h3-4H,11H2,1-2H3,(H2,12,14,16,18). The lowest BCUT2D eigenvalue weighted by atomic mass is 10.3. The van der Waals surface area contributed by atoms with Crippen LogP contribution in [0.15, 0.2) is 11.1 Å². The predicted octanol–water partition coefficient (Wildman–Crippen LogP) is -0.504. The van der Waals surface area contributed by atoms with Crippen LogP contribution in [0.3, 0.4) is 0 Å². The number of carbonyl (C=O) groups excluding carboxylic acids is 2. The average Bonchev–Trinajstić information content (AvgIpc) is 2.35. The molecule has 0 aliphatic carbocycles. The molecule has 4 N–H and O–H groups in total. The van der Waals surface area contributed by atoms with E-state index in [0.717, 1.165) is 10.9 Å². The number of halogens is 1. The molecule has 0 bridgehead atoms. The Kier molecular flexibility index (Phi) is 4.27. The number of amides is 3. The highest BCUT2D eigenvalue weighted by molar-refractivity contribution is 6.31. The number of carbonyl (C=O) groups is 2. The van der Waals surface area contributed by atoms with Gasteiger partial charge in [0, 0.05) is 7.05 Å². The Hall–Kier alpha value is -2.09. The van der Waals surface area contributed by atoms with Crippen molar-refractivity contribution in [1.82, 2.24) is 20.2 Å². The Labute approximate surface area is 107 Å². The molecule has 0 aliphatic heterocycles. The first kappa shape index (κ1) is 14.0. The first-order chi connectivity index (χ1) is 8.38. The summed E-state index contributed by atoms with van der Waals surface area (Å²) in [7, 11) is 1.36. The number of urea groups is 1. The van der Waals surface area contributed by atoms with Gasteiger partial charge in [0.2, 0.25) is 0 Å². The molecular weight excluding hydrogens is 262 g/mol. The number of nitrogens with two attached hydrogens (primary N) is 1. The zero-order valence-corrected chi connectivity index (χ0v) is 10.5. The van der Waals surface area contributed by atoms with Gasteiger partial charge in [-0.3, -0.25) is 19.5 Å². The molecule has 8 nitrogen and oxygen atoms in total. The number of aromatic nitrogens is 2. The number of hydrogen-bond acceptors (Lipinski definition) is 5. The van der Waals surface area contributed by atoms with Crippen LogP contribution >= 0.6 is 11.6 Å². The van der Waals surface area contributed by atoms with Crippen molar-refractivity contribution in [3.05, 3.63) is 21.8 Å². The van der Waals surface area contributed by atoms with E-state index < -0.39 is 23.5 Å². The van der Waals surface area contributed by atoms with Crippen LogP contribution < -0.4 is 21.9 Å². The van der Waals surface area contributed by atoms with Crippen LogP contribution in [0.5, 0.6) is 0 Å². The average molecular weight is 274 g/mol. The highest BCUT2D eigenvalue weighted by atomic mass is 35.5. The van der Waals surface area contributed by atoms with Crippen LogP contribution in [0, 0.1) is 0 Å². The molecule has 0 aromatic carbocycles. The molecule has 1 atom stereocenters. The SMILES string of the molecule is CNC(=O)NC(=O)C(C)n1cnc(Cl)c(N)c1=O. The van der Waals surface area contributed by atoms with Crippen molar-refractivity contribution in [3.8, 4) is 0 Å². The smallest absolute Gasteiger partial charge is 0.321 e. The maximum atomic E-state index is 11.7. The summed E-state index contributed by atoms with van der Waals surface area (Å²) in [6, 6.07) is -1.61. The number of nitrogens with zero attached hydrogens (tertiary/aromatic N) is 2. The van der Waals surface area contributed by atoms with Crippen molar-refractivity contribution >= 4 is 29.2 Å².